The molecule has 0 amide bonds. The summed E-state index contributed by atoms with van der Waals surface area (Å²) in [6.45, 7) is 0.970. The van der Waals surface area contributed by atoms with E-state index in [0.717, 1.165) is 17.4 Å². The first-order chi connectivity index (χ1) is 16.5. The van der Waals surface area contributed by atoms with Crippen LogP contribution in [0.15, 0.2) is 60.7 Å². The minimum Gasteiger partial charge on any atom is -0.506 e. The number of phenols is 1. The van der Waals surface area contributed by atoms with Crippen LogP contribution >= 0.6 is 11.6 Å². The summed E-state index contributed by atoms with van der Waals surface area (Å²) < 4.78 is 30.7. The quantitative estimate of drug-likeness (QED) is 0.191. The van der Waals surface area contributed by atoms with Gasteiger partial charge in [-0.1, -0.05) is 35.9 Å². The number of carbonyl (C=O) groups is 1. The maximum Gasteiger partial charge on any atom is 0.337 e. The molecule has 0 aliphatic carbocycles. The zero-order valence-corrected chi connectivity index (χ0v) is 20.3. The molecular weight excluding hydrogens is 496 g/mol. The summed E-state index contributed by atoms with van der Waals surface area (Å²) >= 11 is 6.04. The molecule has 9 nitrogen and oxygen atoms in total. The van der Waals surface area contributed by atoms with E-state index in [1.54, 1.807) is 24.3 Å². The molecule has 3 rings (SSSR count). The molecule has 0 heterocycles. The van der Waals surface area contributed by atoms with Crippen molar-refractivity contribution in [1.29, 1.82) is 0 Å². The number of aromatic carboxylic acids is 1. The van der Waals surface area contributed by atoms with Gasteiger partial charge in [-0.2, -0.15) is 0 Å². The SMILES string of the molecule is CS(=O)(=O)Nc1cc(C(O)CNCCOc2ccc(-c3ccc(C(=O)O)c(Cl)c3)cc2)ccc1O. The summed E-state index contributed by atoms with van der Waals surface area (Å²) in [5.74, 6) is -0.679. The summed E-state index contributed by atoms with van der Waals surface area (Å²) in [7, 11) is -3.57. The highest BCUT2D eigenvalue weighted by molar-refractivity contribution is 7.92. The molecule has 0 saturated heterocycles. The molecule has 186 valence electrons. The fourth-order valence-electron chi connectivity index (χ4n) is 3.25. The summed E-state index contributed by atoms with van der Waals surface area (Å²) in [6.07, 6.45) is 0.0491. The number of aliphatic hydroxyl groups excluding tert-OH is 1. The lowest BCUT2D eigenvalue weighted by atomic mass is 10.0. The number of carboxylic acid groups (broad SMARTS) is 1. The van der Waals surface area contributed by atoms with Crippen LogP contribution in [0.2, 0.25) is 5.02 Å². The predicted molar refractivity (Wildman–Crippen MR) is 134 cm³/mol. The summed E-state index contributed by atoms with van der Waals surface area (Å²) in [4.78, 5) is 11.1. The lowest BCUT2D eigenvalue weighted by molar-refractivity contribution is 0.0697. The van der Waals surface area contributed by atoms with Gasteiger partial charge in [0.2, 0.25) is 10.0 Å². The normalized spacial score (nSPS) is 12.2. The van der Waals surface area contributed by atoms with E-state index < -0.39 is 22.1 Å². The topological polar surface area (TPSA) is 145 Å². The standard InChI is InChI=1S/C24H25ClN2O7S/c1-35(32,33)27-21-13-17(5-9-22(21)28)23(29)14-26-10-11-34-18-6-2-15(3-7-18)16-4-8-19(24(30)31)20(25)12-16/h2-9,12-13,23,26-29H,10-11,14H2,1H3,(H,30,31). The Morgan fingerprint density at radius 3 is 2.37 bits per heavy atom. The number of phenolic OH excluding ortho intramolecular Hbond substituents is 1. The molecule has 11 heteroatoms. The van der Waals surface area contributed by atoms with Crippen molar-refractivity contribution in [3.8, 4) is 22.6 Å². The number of hydrogen-bond donors (Lipinski definition) is 5. The lowest BCUT2D eigenvalue weighted by Gasteiger charge is -2.15. The number of halogens is 1. The summed E-state index contributed by atoms with van der Waals surface area (Å²) in [5.41, 5.74) is 2.12. The van der Waals surface area contributed by atoms with Crippen LogP contribution in [0.1, 0.15) is 22.0 Å². The van der Waals surface area contributed by atoms with E-state index >= 15 is 0 Å². The Kier molecular flexibility index (Phi) is 8.57. The Morgan fingerprint density at radius 1 is 1.06 bits per heavy atom. The zero-order chi connectivity index (χ0) is 25.6. The number of anilines is 1. The number of hydrogen-bond acceptors (Lipinski definition) is 7. The van der Waals surface area contributed by atoms with Gasteiger partial charge in [-0.05, 0) is 53.1 Å². The van der Waals surface area contributed by atoms with E-state index in [1.807, 2.05) is 12.1 Å². The van der Waals surface area contributed by atoms with Crippen LogP contribution in [0.5, 0.6) is 11.5 Å². The van der Waals surface area contributed by atoms with Crippen molar-refractivity contribution in [3.05, 3.63) is 76.8 Å². The van der Waals surface area contributed by atoms with Crippen LogP contribution in [0.4, 0.5) is 5.69 Å². The Hall–Kier alpha value is -3.31. The fraction of sp³-hybridized carbons (Fsp3) is 0.208. The van der Waals surface area contributed by atoms with Crippen LogP contribution in [-0.2, 0) is 10.0 Å². The van der Waals surface area contributed by atoms with Crippen molar-refractivity contribution in [1.82, 2.24) is 5.32 Å². The Morgan fingerprint density at radius 2 is 1.74 bits per heavy atom. The first-order valence-corrected chi connectivity index (χ1v) is 12.8. The molecule has 0 bridgehead atoms. The maximum absolute atomic E-state index is 11.4. The maximum atomic E-state index is 11.4. The average molecular weight is 521 g/mol. The second kappa shape index (κ2) is 11.4. The van der Waals surface area contributed by atoms with Crippen LogP contribution in [-0.4, -0.2) is 55.7 Å². The third kappa shape index (κ3) is 7.59. The van der Waals surface area contributed by atoms with Crippen LogP contribution in [0, 0.1) is 0 Å². The third-order valence-electron chi connectivity index (χ3n) is 4.97. The second-order valence-corrected chi connectivity index (χ2v) is 9.90. The zero-order valence-electron chi connectivity index (χ0n) is 18.7. The number of benzene rings is 3. The van der Waals surface area contributed by atoms with Gasteiger partial charge in [0.1, 0.15) is 18.1 Å². The smallest absolute Gasteiger partial charge is 0.337 e. The minimum absolute atomic E-state index is 0.00377. The van der Waals surface area contributed by atoms with E-state index in [0.29, 0.717) is 24.5 Å². The summed E-state index contributed by atoms with van der Waals surface area (Å²) in [5, 5.41) is 32.4. The molecule has 0 aliphatic rings. The van der Waals surface area contributed by atoms with E-state index in [2.05, 4.69) is 10.0 Å². The van der Waals surface area contributed by atoms with Gasteiger partial charge < -0.3 is 25.4 Å². The molecule has 3 aromatic carbocycles. The van der Waals surface area contributed by atoms with Crippen molar-refractivity contribution < 1.29 is 33.3 Å². The molecule has 1 unspecified atom stereocenters. The first kappa shape index (κ1) is 26.3. The van der Waals surface area contributed by atoms with Crippen molar-refractivity contribution >= 4 is 33.3 Å². The Labute approximate surface area is 208 Å². The van der Waals surface area contributed by atoms with Gasteiger partial charge in [0, 0.05) is 13.1 Å². The van der Waals surface area contributed by atoms with E-state index in [-0.39, 0.29) is 28.6 Å². The Balaban J connectivity index is 1.47. The molecule has 0 saturated carbocycles. The Bertz CT molecular complexity index is 1300. The van der Waals surface area contributed by atoms with E-state index in [1.165, 1.54) is 24.3 Å². The number of nitrogens with one attached hydrogen (secondary N) is 2. The highest BCUT2D eigenvalue weighted by atomic mass is 35.5. The summed E-state index contributed by atoms with van der Waals surface area (Å²) in [6, 6.07) is 16.2. The number of ether oxygens (including phenoxy) is 1. The van der Waals surface area contributed by atoms with Gasteiger partial charge in [-0.3, -0.25) is 4.72 Å². The largest absolute Gasteiger partial charge is 0.506 e. The number of aliphatic hydroxyl groups is 1. The van der Waals surface area contributed by atoms with Gasteiger partial charge in [0.25, 0.3) is 0 Å². The van der Waals surface area contributed by atoms with Crippen molar-refractivity contribution in [2.75, 3.05) is 30.7 Å². The van der Waals surface area contributed by atoms with E-state index in [4.69, 9.17) is 21.4 Å². The number of carboxylic acids is 1. The second-order valence-electron chi connectivity index (χ2n) is 7.74. The molecule has 0 aromatic heterocycles. The van der Waals surface area contributed by atoms with Crippen molar-refractivity contribution in [3.63, 3.8) is 0 Å². The van der Waals surface area contributed by atoms with Crippen LogP contribution in [0.3, 0.4) is 0 Å². The van der Waals surface area contributed by atoms with Crippen molar-refractivity contribution in [2.24, 2.45) is 0 Å². The number of rotatable bonds is 11. The minimum atomic E-state index is -3.57. The molecular formula is C24H25ClN2O7S. The monoisotopic (exact) mass is 520 g/mol. The number of aromatic hydroxyl groups is 1. The molecule has 1 atom stereocenters. The highest BCUT2D eigenvalue weighted by Gasteiger charge is 2.13. The van der Waals surface area contributed by atoms with Crippen LogP contribution < -0.4 is 14.8 Å². The first-order valence-electron chi connectivity index (χ1n) is 10.5. The molecule has 3 aromatic rings. The average Bonchev–Trinajstić information content (AvgIpc) is 2.79. The molecule has 0 aliphatic heterocycles. The van der Waals surface area contributed by atoms with Crippen molar-refractivity contribution in [2.45, 2.75) is 6.10 Å². The molecule has 0 spiro atoms. The molecule has 35 heavy (non-hydrogen) atoms. The molecule has 0 fully saturated rings. The van der Waals surface area contributed by atoms with Gasteiger partial charge in [-0.15, -0.1) is 0 Å². The molecule has 5 N–H and O–H groups in total. The number of sulfonamides is 1. The molecule has 0 radical (unpaired) electrons. The van der Waals surface area contributed by atoms with Gasteiger partial charge in [0.05, 0.1) is 28.6 Å². The predicted octanol–water partition coefficient (Wildman–Crippen LogP) is 3.48. The van der Waals surface area contributed by atoms with Gasteiger partial charge >= 0.3 is 5.97 Å². The van der Waals surface area contributed by atoms with Crippen LogP contribution in [0.25, 0.3) is 11.1 Å². The van der Waals surface area contributed by atoms with E-state index in [9.17, 15) is 23.4 Å². The fourth-order valence-corrected chi connectivity index (χ4v) is 4.08. The van der Waals surface area contributed by atoms with Gasteiger partial charge in [-0.25, -0.2) is 13.2 Å². The third-order valence-corrected chi connectivity index (χ3v) is 5.88. The highest BCUT2D eigenvalue weighted by Crippen LogP contribution is 2.28. The van der Waals surface area contributed by atoms with Gasteiger partial charge in [0.15, 0.2) is 0 Å². The lowest BCUT2D eigenvalue weighted by Crippen LogP contribution is -2.26.